The Balaban J connectivity index is 1.33. The molecular formula is C22H25NO8. The van der Waals surface area contributed by atoms with Crippen molar-refractivity contribution in [2.24, 2.45) is 0 Å². The lowest BCUT2D eigenvalue weighted by molar-refractivity contribution is -0.351. The second-order valence-electron chi connectivity index (χ2n) is 8.90. The van der Waals surface area contributed by atoms with Crippen molar-refractivity contribution in [3.05, 3.63) is 35.4 Å². The Labute approximate surface area is 179 Å². The van der Waals surface area contributed by atoms with E-state index in [2.05, 4.69) is 0 Å². The number of amides is 2. The van der Waals surface area contributed by atoms with Crippen molar-refractivity contribution >= 4 is 23.8 Å². The highest BCUT2D eigenvalue weighted by Crippen LogP contribution is 2.49. The van der Waals surface area contributed by atoms with Gasteiger partial charge in [0.1, 0.15) is 11.2 Å². The molecule has 3 fully saturated rings. The van der Waals surface area contributed by atoms with Gasteiger partial charge in [0, 0.05) is 19.3 Å². The van der Waals surface area contributed by atoms with Crippen molar-refractivity contribution in [1.29, 1.82) is 0 Å². The van der Waals surface area contributed by atoms with Gasteiger partial charge in [0.2, 0.25) is 0 Å². The molecule has 2 amide bonds. The van der Waals surface area contributed by atoms with Gasteiger partial charge >= 0.3 is 11.9 Å². The minimum atomic E-state index is -0.908. The minimum Gasteiger partial charge on any atom is -0.481 e. The third-order valence-electron chi connectivity index (χ3n) is 6.34. The normalized spacial score (nSPS) is 30.7. The van der Waals surface area contributed by atoms with E-state index < -0.39 is 35.0 Å². The molecule has 2 aliphatic heterocycles. The minimum absolute atomic E-state index is 0.0540. The van der Waals surface area contributed by atoms with Crippen molar-refractivity contribution in [3.63, 3.8) is 0 Å². The number of carbonyl (C=O) groups is 4. The quantitative estimate of drug-likeness (QED) is 0.558. The zero-order valence-corrected chi connectivity index (χ0v) is 17.3. The fourth-order valence-electron chi connectivity index (χ4n) is 4.76. The highest BCUT2D eigenvalue weighted by atomic mass is 17.2. The van der Waals surface area contributed by atoms with Gasteiger partial charge in [-0.1, -0.05) is 12.1 Å². The smallest absolute Gasteiger partial charge is 0.363 e. The maximum atomic E-state index is 12.2. The maximum absolute atomic E-state index is 12.2. The highest BCUT2D eigenvalue weighted by molar-refractivity contribution is 6.02. The Bertz CT molecular complexity index is 887. The number of hydroxylamine groups is 2. The lowest BCUT2D eigenvalue weighted by atomic mass is 9.72. The fraction of sp³-hybridized carbons (Fsp3) is 0.545. The SMILES string of the molecule is CC1(CC(=O)O)CC2(CCC(c3ccc(C(=O)ON4C(=O)CCC4=O)cc3)CC2)OO1. The van der Waals surface area contributed by atoms with Gasteiger partial charge in [0.25, 0.3) is 11.8 Å². The number of carbonyl (C=O) groups excluding carboxylic acids is 3. The third-order valence-corrected chi connectivity index (χ3v) is 6.34. The summed E-state index contributed by atoms with van der Waals surface area (Å²) >= 11 is 0. The number of imide groups is 1. The molecule has 9 nitrogen and oxygen atoms in total. The van der Waals surface area contributed by atoms with Gasteiger partial charge in [-0.2, -0.15) is 0 Å². The third kappa shape index (κ3) is 4.47. The van der Waals surface area contributed by atoms with Crippen molar-refractivity contribution < 1.29 is 38.9 Å². The van der Waals surface area contributed by atoms with Crippen LogP contribution in [0.25, 0.3) is 0 Å². The second-order valence-corrected chi connectivity index (χ2v) is 8.90. The van der Waals surface area contributed by atoms with E-state index in [-0.39, 0.29) is 30.7 Å². The van der Waals surface area contributed by atoms with E-state index in [1.54, 1.807) is 19.1 Å². The van der Waals surface area contributed by atoms with Crippen LogP contribution in [0.15, 0.2) is 24.3 Å². The first-order valence-corrected chi connectivity index (χ1v) is 10.5. The summed E-state index contributed by atoms with van der Waals surface area (Å²) in [6.07, 6.45) is 3.80. The first-order chi connectivity index (χ1) is 14.7. The summed E-state index contributed by atoms with van der Waals surface area (Å²) in [5.41, 5.74) is 0.0883. The Morgan fingerprint density at radius 1 is 1.10 bits per heavy atom. The molecule has 3 aliphatic rings. The Morgan fingerprint density at radius 2 is 1.71 bits per heavy atom. The predicted octanol–water partition coefficient (Wildman–Crippen LogP) is 2.89. The van der Waals surface area contributed by atoms with Crippen LogP contribution in [0, 0.1) is 0 Å². The summed E-state index contributed by atoms with van der Waals surface area (Å²) in [5, 5.41) is 9.62. The number of carboxylic acids is 1. The first kappa shape index (κ1) is 21.5. The zero-order valence-electron chi connectivity index (χ0n) is 17.3. The van der Waals surface area contributed by atoms with E-state index in [0.29, 0.717) is 11.5 Å². The number of nitrogens with zero attached hydrogens (tertiary/aromatic N) is 1. The van der Waals surface area contributed by atoms with E-state index in [9.17, 15) is 19.2 Å². The van der Waals surface area contributed by atoms with Crippen molar-refractivity contribution in [2.75, 3.05) is 0 Å². The second kappa shape index (κ2) is 8.05. The molecule has 1 unspecified atom stereocenters. The van der Waals surface area contributed by atoms with Gasteiger partial charge in [0.05, 0.1) is 12.0 Å². The van der Waals surface area contributed by atoms with Gasteiger partial charge in [-0.05, 0) is 56.2 Å². The van der Waals surface area contributed by atoms with Gasteiger partial charge in [0.15, 0.2) is 0 Å². The molecular weight excluding hydrogens is 406 g/mol. The molecule has 1 aromatic rings. The van der Waals surface area contributed by atoms with Crippen LogP contribution in [0.2, 0.25) is 0 Å². The van der Waals surface area contributed by atoms with E-state index in [1.165, 1.54) is 0 Å². The number of benzene rings is 1. The predicted molar refractivity (Wildman–Crippen MR) is 104 cm³/mol. The highest BCUT2D eigenvalue weighted by Gasteiger charge is 2.51. The Hall–Kier alpha value is -2.78. The fourth-order valence-corrected chi connectivity index (χ4v) is 4.76. The van der Waals surface area contributed by atoms with Gasteiger partial charge in [-0.15, -0.1) is 5.06 Å². The van der Waals surface area contributed by atoms with Crippen molar-refractivity contribution in [3.8, 4) is 0 Å². The molecule has 0 aromatic heterocycles. The standard InChI is InChI=1S/C22H25NO8/c1-21(12-19(26)27)13-22(31-30-21)10-8-15(9-11-22)14-2-4-16(5-3-14)20(28)29-23-17(24)6-7-18(23)25/h2-5,15H,6-13H2,1H3,(H,26,27). The van der Waals surface area contributed by atoms with Gasteiger partial charge in [-0.3, -0.25) is 14.4 Å². The molecule has 1 atom stereocenters. The molecule has 2 heterocycles. The van der Waals surface area contributed by atoms with Crippen LogP contribution in [-0.4, -0.2) is 45.1 Å². The molecule has 0 radical (unpaired) electrons. The molecule has 166 valence electrons. The molecule has 1 aliphatic carbocycles. The summed E-state index contributed by atoms with van der Waals surface area (Å²) in [6, 6.07) is 6.97. The summed E-state index contributed by atoms with van der Waals surface area (Å²) in [4.78, 5) is 62.5. The lowest BCUT2D eigenvalue weighted by Crippen LogP contribution is -2.35. The first-order valence-electron chi connectivity index (χ1n) is 10.5. The molecule has 9 heteroatoms. The Morgan fingerprint density at radius 3 is 2.29 bits per heavy atom. The van der Waals surface area contributed by atoms with Crippen LogP contribution in [-0.2, 0) is 29.0 Å². The van der Waals surface area contributed by atoms with E-state index in [4.69, 9.17) is 19.7 Å². The number of aliphatic carboxylic acids is 1. The number of rotatable bonds is 5. The lowest BCUT2D eigenvalue weighted by Gasteiger charge is -2.35. The monoisotopic (exact) mass is 431 g/mol. The Kier molecular flexibility index (Phi) is 5.57. The van der Waals surface area contributed by atoms with Crippen LogP contribution in [0.5, 0.6) is 0 Å². The average molecular weight is 431 g/mol. The summed E-state index contributed by atoms with van der Waals surface area (Å²) in [5.74, 6) is -2.39. The number of hydrogen-bond acceptors (Lipinski definition) is 7. The maximum Gasteiger partial charge on any atom is 0.363 e. The van der Waals surface area contributed by atoms with Crippen LogP contribution in [0.3, 0.4) is 0 Å². The topological polar surface area (TPSA) is 119 Å². The summed E-state index contributed by atoms with van der Waals surface area (Å²) in [7, 11) is 0. The van der Waals surface area contributed by atoms with Crippen LogP contribution >= 0.6 is 0 Å². The van der Waals surface area contributed by atoms with Gasteiger partial charge in [-0.25, -0.2) is 14.6 Å². The average Bonchev–Trinajstić information content (AvgIpc) is 3.21. The molecule has 0 bridgehead atoms. The summed E-state index contributed by atoms with van der Waals surface area (Å²) < 4.78 is 0. The van der Waals surface area contributed by atoms with E-state index in [0.717, 1.165) is 31.2 Å². The van der Waals surface area contributed by atoms with Crippen molar-refractivity contribution in [2.45, 2.75) is 75.4 Å². The zero-order chi connectivity index (χ0) is 22.2. The largest absolute Gasteiger partial charge is 0.481 e. The summed E-state index contributed by atoms with van der Waals surface area (Å²) in [6.45, 7) is 1.77. The van der Waals surface area contributed by atoms with Crippen LogP contribution in [0.1, 0.15) is 80.1 Å². The van der Waals surface area contributed by atoms with Crippen LogP contribution in [0.4, 0.5) is 0 Å². The molecule has 31 heavy (non-hydrogen) atoms. The molecule has 2 saturated heterocycles. The van der Waals surface area contributed by atoms with Gasteiger partial charge < -0.3 is 9.94 Å². The number of carboxylic acid groups (broad SMARTS) is 1. The molecule has 1 spiro atoms. The van der Waals surface area contributed by atoms with Crippen LogP contribution < -0.4 is 0 Å². The van der Waals surface area contributed by atoms with E-state index in [1.807, 2.05) is 12.1 Å². The number of hydrogen-bond donors (Lipinski definition) is 1. The van der Waals surface area contributed by atoms with E-state index >= 15 is 0 Å². The molecule has 1 saturated carbocycles. The molecule has 4 rings (SSSR count). The molecule has 1 N–H and O–H groups in total. The molecule has 1 aromatic carbocycles. The van der Waals surface area contributed by atoms with Crippen molar-refractivity contribution in [1.82, 2.24) is 5.06 Å².